The zero-order valence-electron chi connectivity index (χ0n) is 14.5. The summed E-state index contributed by atoms with van der Waals surface area (Å²) in [7, 11) is 0. The van der Waals surface area contributed by atoms with Crippen LogP contribution in [0.25, 0.3) is 0 Å². The summed E-state index contributed by atoms with van der Waals surface area (Å²) in [5, 5.41) is 0. The molecule has 26 heavy (non-hydrogen) atoms. The average Bonchev–Trinajstić information content (AvgIpc) is 2.65. The number of amides is 2. The van der Waals surface area contributed by atoms with E-state index in [1.807, 2.05) is 31.2 Å². The molecule has 2 aromatic rings. The van der Waals surface area contributed by atoms with Gasteiger partial charge in [0.15, 0.2) is 0 Å². The Hall–Kier alpha value is -2.76. The summed E-state index contributed by atoms with van der Waals surface area (Å²) in [6, 6.07) is 10.6. The van der Waals surface area contributed by atoms with Crippen LogP contribution >= 0.6 is 0 Å². The lowest BCUT2D eigenvalue weighted by Crippen LogP contribution is -2.51. The molecule has 2 aromatic carbocycles. The standard InChI is InChI=1S/C20H20F2N2O2/c1-14-2-4-15(5-3-14)12-19(25)23-8-10-24(11-9-23)20(26)17-13-16(21)6-7-18(17)22/h2-7,13H,8-12H2,1H3. The Labute approximate surface area is 151 Å². The first kappa shape index (κ1) is 18.0. The molecule has 1 saturated heterocycles. The van der Waals surface area contributed by atoms with Gasteiger partial charge in [0.25, 0.3) is 5.91 Å². The lowest BCUT2D eigenvalue weighted by atomic mass is 10.1. The molecule has 0 radical (unpaired) electrons. The van der Waals surface area contributed by atoms with E-state index in [1.54, 1.807) is 4.90 Å². The molecule has 4 nitrogen and oxygen atoms in total. The van der Waals surface area contributed by atoms with Crippen LogP contribution < -0.4 is 0 Å². The van der Waals surface area contributed by atoms with Gasteiger partial charge in [-0.05, 0) is 30.7 Å². The highest BCUT2D eigenvalue weighted by molar-refractivity contribution is 5.94. The molecule has 0 aliphatic carbocycles. The molecule has 0 atom stereocenters. The third-order valence-electron chi connectivity index (χ3n) is 4.55. The molecular formula is C20H20F2N2O2. The Morgan fingerprint density at radius 3 is 2.19 bits per heavy atom. The minimum Gasteiger partial charge on any atom is -0.339 e. The third-order valence-corrected chi connectivity index (χ3v) is 4.55. The topological polar surface area (TPSA) is 40.6 Å². The molecule has 0 saturated carbocycles. The van der Waals surface area contributed by atoms with Crippen LogP contribution in [0.5, 0.6) is 0 Å². The highest BCUT2D eigenvalue weighted by atomic mass is 19.1. The molecule has 2 amide bonds. The van der Waals surface area contributed by atoms with Gasteiger partial charge in [0.1, 0.15) is 11.6 Å². The average molecular weight is 358 g/mol. The maximum Gasteiger partial charge on any atom is 0.257 e. The minimum atomic E-state index is -0.741. The molecule has 3 rings (SSSR count). The lowest BCUT2D eigenvalue weighted by molar-refractivity contribution is -0.131. The maximum absolute atomic E-state index is 13.8. The van der Waals surface area contributed by atoms with Crippen molar-refractivity contribution >= 4 is 11.8 Å². The van der Waals surface area contributed by atoms with Crippen LogP contribution in [0.2, 0.25) is 0 Å². The van der Waals surface area contributed by atoms with Crippen LogP contribution in [0, 0.1) is 18.6 Å². The van der Waals surface area contributed by atoms with Crippen LogP contribution in [0.1, 0.15) is 21.5 Å². The summed E-state index contributed by atoms with van der Waals surface area (Å²) in [6.45, 7) is 3.35. The number of hydrogen-bond donors (Lipinski definition) is 0. The van der Waals surface area contributed by atoms with E-state index >= 15 is 0 Å². The summed E-state index contributed by atoms with van der Waals surface area (Å²) >= 11 is 0. The highest BCUT2D eigenvalue weighted by Gasteiger charge is 2.26. The van der Waals surface area contributed by atoms with E-state index in [0.29, 0.717) is 32.6 Å². The normalized spacial score (nSPS) is 14.4. The summed E-state index contributed by atoms with van der Waals surface area (Å²) in [5.74, 6) is -1.94. The maximum atomic E-state index is 13.8. The SMILES string of the molecule is Cc1ccc(CC(=O)N2CCN(C(=O)c3cc(F)ccc3F)CC2)cc1. The number of aryl methyl sites for hydroxylation is 1. The van der Waals surface area contributed by atoms with Gasteiger partial charge in [0.05, 0.1) is 12.0 Å². The van der Waals surface area contributed by atoms with E-state index in [9.17, 15) is 18.4 Å². The molecule has 6 heteroatoms. The minimum absolute atomic E-state index is 0.00196. The summed E-state index contributed by atoms with van der Waals surface area (Å²) in [4.78, 5) is 28.0. The predicted octanol–water partition coefficient (Wildman–Crippen LogP) is 2.80. The Balaban J connectivity index is 1.58. The first-order valence-electron chi connectivity index (χ1n) is 8.51. The molecule has 0 bridgehead atoms. The van der Waals surface area contributed by atoms with Gasteiger partial charge in [-0.15, -0.1) is 0 Å². The van der Waals surface area contributed by atoms with Gasteiger partial charge in [-0.1, -0.05) is 29.8 Å². The lowest BCUT2D eigenvalue weighted by Gasteiger charge is -2.35. The van der Waals surface area contributed by atoms with Crippen LogP contribution in [0.4, 0.5) is 8.78 Å². The molecule has 1 heterocycles. The Kier molecular flexibility index (Phi) is 5.30. The molecule has 136 valence electrons. The molecule has 1 aliphatic heterocycles. The van der Waals surface area contributed by atoms with Crippen LogP contribution in [0.15, 0.2) is 42.5 Å². The van der Waals surface area contributed by atoms with Crippen molar-refractivity contribution in [2.45, 2.75) is 13.3 Å². The quantitative estimate of drug-likeness (QED) is 0.847. The zero-order chi connectivity index (χ0) is 18.7. The summed E-state index contributed by atoms with van der Waals surface area (Å²) in [6.07, 6.45) is 0.312. The van der Waals surface area contributed by atoms with Gasteiger partial charge in [-0.2, -0.15) is 0 Å². The molecule has 0 aromatic heterocycles. The van der Waals surface area contributed by atoms with Gasteiger partial charge in [0.2, 0.25) is 5.91 Å². The largest absolute Gasteiger partial charge is 0.339 e. The van der Waals surface area contributed by atoms with Crippen molar-refractivity contribution in [2.75, 3.05) is 26.2 Å². The van der Waals surface area contributed by atoms with Gasteiger partial charge in [-0.25, -0.2) is 8.78 Å². The van der Waals surface area contributed by atoms with Crippen molar-refractivity contribution in [1.29, 1.82) is 0 Å². The van der Waals surface area contributed by atoms with E-state index in [-0.39, 0.29) is 11.5 Å². The smallest absolute Gasteiger partial charge is 0.257 e. The number of carbonyl (C=O) groups is 2. The first-order valence-corrected chi connectivity index (χ1v) is 8.51. The molecule has 0 spiro atoms. The van der Waals surface area contributed by atoms with E-state index in [4.69, 9.17) is 0 Å². The van der Waals surface area contributed by atoms with Crippen molar-refractivity contribution in [3.05, 3.63) is 70.8 Å². The number of halogens is 2. The zero-order valence-corrected chi connectivity index (χ0v) is 14.5. The Bertz CT molecular complexity index is 813. The summed E-state index contributed by atoms with van der Waals surface area (Å²) in [5.41, 5.74) is 1.81. The monoisotopic (exact) mass is 358 g/mol. The number of carbonyl (C=O) groups excluding carboxylic acids is 2. The third kappa shape index (κ3) is 4.07. The highest BCUT2D eigenvalue weighted by Crippen LogP contribution is 2.15. The van der Waals surface area contributed by atoms with Gasteiger partial charge < -0.3 is 9.80 Å². The van der Waals surface area contributed by atoms with Crippen LogP contribution in [0.3, 0.4) is 0 Å². The Morgan fingerprint density at radius 1 is 0.923 bits per heavy atom. The number of hydrogen-bond acceptors (Lipinski definition) is 2. The van der Waals surface area contributed by atoms with E-state index < -0.39 is 17.5 Å². The van der Waals surface area contributed by atoms with Crippen molar-refractivity contribution in [1.82, 2.24) is 9.80 Å². The van der Waals surface area contributed by atoms with Gasteiger partial charge in [0, 0.05) is 26.2 Å². The molecule has 1 fully saturated rings. The summed E-state index contributed by atoms with van der Waals surface area (Å²) < 4.78 is 27.1. The van der Waals surface area contributed by atoms with E-state index in [0.717, 1.165) is 29.3 Å². The second-order valence-electron chi connectivity index (χ2n) is 6.46. The fraction of sp³-hybridized carbons (Fsp3) is 0.300. The molecule has 0 unspecified atom stereocenters. The first-order chi connectivity index (χ1) is 12.4. The number of benzene rings is 2. The van der Waals surface area contributed by atoms with Gasteiger partial charge in [-0.3, -0.25) is 9.59 Å². The molecular weight excluding hydrogens is 338 g/mol. The van der Waals surface area contributed by atoms with Crippen molar-refractivity contribution in [2.24, 2.45) is 0 Å². The van der Waals surface area contributed by atoms with E-state index in [1.165, 1.54) is 4.90 Å². The van der Waals surface area contributed by atoms with Crippen molar-refractivity contribution < 1.29 is 18.4 Å². The number of rotatable bonds is 3. The molecule has 0 N–H and O–H groups in total. The second kappa shape index (κ2) is 7.64. The van der Waals surface area contributed by atoms with Gasteiger partial charge >= 0.3 is 0 Å². The van der Waals surface area contributed by atoms with Crippen LogP contribution in [-0.2, 0) is 11.2 Å². The number of nitrogens with zero attached hydrogens (tertiary/aromatic N) is 2. The van der Waals surface area contributed by atoms with Crippen molar-refractivity contribution in [3.8, 4) is 0 Å². The fourth-order valence-electron chi connectivity index (χ4n) is 2.98. The fourth-order valence-corrected chi connectivity index (χ4v) is 2.98. The number of piperazine rings is 1. The van der Waals surface area contributed by atoms with Crippen LogP contribution in [-0.4, -0.2) is 47.8 Å². The Morgan fingerprint density at radius 2 is 1.54 bits per heavy atom. The second-order valence-corrected chi connectivity index (χ2v) is 6.46. The predicted molar refractivity (Wildman–Crippen MR) is 93.7 cm³/mol. The molecule has 1 aliphatic rings. The van der Waals surface area contributed by atoms with Crippen molar-refractivity contribution in [3.63, 3.8) is 0 Å². The van der Waals surface area contributed by atoms with E-state index in [2.05, 4.69) is 0 Å².